The van der Waals surface area contributed by atoms with Gasteiger partial charge in [0.05, 0.1) is 13.5 Å². The van der Waals surface area contributed by atoms with Crippen molar-refractivity contribution in [2.75, 3.05) is 7.11 Å². The van der Waals surface area contributed by atoms with Crippen LogP contribution in [0, 0.1) is 6.92 Å². The van der Waals surface area contributed by atoms with Crippen LogP contribution in [0.2, 0.25) is 0 Å². The number of fused-ring (bicyclic) bond motifs is 1. The van der Waals surface area contributed by atoms with Crippen molar-refractivity contribution in [3.63, 3.8) is 0 Å². The van der Waals surface area contributed by atoms with Crippen LogP contribution in [-0.4, -0.2) is 18.2 Å². The van der Waals surface area contributed by atoms with E-state index in [0.29, 0.717) is 0 Å². The molecule has 17 heavy (non-hydrogen) atoms. The Kier molecular flexibility index (Phi) is 2.86. The zero-order valence-electron chi connectivity index (χ0n) is 10.5. The molecule has 1 aliphatic carbocycles. The van der Waals surface area contributed by atoms with Gasteiger partial charge >= 0.3 is 5.97 Å². The standard InChI is InChI=1S/C14H18O3/c1-9-4-5-11(17-3)13-10(9)6-7-14(13,2)8-12(15)16/h4-5H,6-8H2,1-3H3,(H,15,16). The largest absolute Gasteiger partial charge is 0.496 e. The molecule has 1 aromatic carbocycles. The second-order valence-corrected chi connectivity index (χ2v) is 5.07. The van der Waals surface area contributed by atoms with Crippen LogP contribution in [-0.2, 0) is 16.6 Å². The Morgan fingerprint density at radius 1 is 1.53 bits per heavy atom. The molecule has 0 radical (unpaired) electrons. The Hall–Kier alpha value is -1.51. The van der Waals surface area contributed by atoms with E-state index in [-0.39, 0.29) is 11.8 Å². The van der Waals surface area contributed by atoms with Crippen LogP contribution in [0.5, 0.6) is 5.75 Å². The molecule has 3 heteroatoms. The van der Waals surface area contributed by atoms with Crippen LogP contribution in [0.25, 0.3) is 0 Å². The first-order chi connectivity index (χ1) is 7.98. The topological polar surface area (TPSA) is 46.5 Å². The molecule has 0 saturated heterocycles. The first kappa shape index (κ1) is 12.0. The van der Waals surface area contributed by atoms with Crippen LogP contribution < -0.4 is 4.74 Å². The van der Waals surface area contributed by atoms with Crippen molar-refractivity contribution in [3.8, 4) is 5.75 Å². The summed E-state index contributed by atoms with van der Waals surface area (Å²) >= 11 is 0. The van der Waals surface area contributed by atoms with E-state index in [1.807, 2.05) is 19.1 Å². The van der Waals surface area contributed by atoms with Gasteiger partial charge < -0.3 is 9.84 Å². The van der Waals surface area contributed by atoms with Gasteiger partial charge in [0.25, 0.3) is 0 Å². The summed E-state index contributed by atoms with van der Waals surface area (Å²) in [6.07, 6.45) is 2.00. The summed E-state index contributed by atoms with van der Waals surface area (Å²) in [5, 5.41) is 9.06. The summed E-state index contributed by atoms with van der Waals surface area (Å²) < 4.78 is 5.40. The molecule has 1 aromatic rings. The monoisotopic (exact) mass is 234 g/mol. The molecule has 0 amide bonds. The van der Waals surface area contributed by atoms with Crippen LogP contribution in [0.3, 0.4) is 0 Å². The van der Waals surface area contributed by atoms with Crippen molar-refractivity contribution in [2.24, 2.45) is 0 Å². The molecule has 3 nitrogen and oxygen atoms in total. The van der Waals surface area contributed by atoms with Crippen LogP contribution in [0.1, 0.15) is 36.5 Å². The molecule has 0 aliphatic heterocycles. The number of aryl methyl sites for hydroxylation is 1. The normalized spacial score (nSPS) is 22.3. The number of rotatable bonds is 3. The quantitative estimate of drug-likeness (QED) is 0.874. The predicted molar refractivity (Wildman–Crippen MR) is 65.7 cm³/mol. The highest BCUT2D eigenvalue weighted by Gasteiger charge is 2.39. The van der Waals surface area contributed by atoms with E-state index in [9.17, 15) is 4.79 Å². The summed E-state index contributed by atoms with van der Waals surface area (Å²) in [5.74, 6) is 0.0794. The Balaban J connectivity index is 2.55. The lowest BCUT2D eigenvalue weighted by atomic mass is 9.80. The van der Waals surface area contributed by atoms with Crippen molar-refractivity contribution < 1.29 is 14.6 Å². The third kappa shape index (κ3) is 1.90. The predicted octanol–water partition coefficient (Wildman–Crippen LogP) is 2.68. The Bertz CT molecular complexity index is 465. The smallest absolute Gasteiger partial charge is 0.304 e. The molecule has 92 valence electrons. The minimum Gasteiger partial charge on any atom is -0.496 e. The Labute approximate surface area is 101 Å². The van der Waals surface area contributed by atoms with E-state index in [4.69, 9.17) is 9.84 Å². The molecule has 2 rings (SSSR count). The van der Waals surface area contributed by atoms with Gasteiger partial charge in [-0.15, -0.1) is 0 Å². The maximum Gasteiger partial charge on any atom is 0.304 e. The molecule has 0 bridgehead atoms. The van der Waals surface area contributed by atoms with E-state index in [1.165, 1.54) is 11.1 Å². The van der Waals surface area contributed by atoms with Crippen molar-refractivity contribution in [3.05, 3.63) is 28.8 Å². The molecule has 0 saturated carbocycles. The van der Waals surface area contributed by atoms with Gasteiger partial charge in [0.1, 0.15) is 5.75 Å². The number of hydrogen-bond acceptors (Lipinski definition) is 2. The fraction of sp³-hybridized carbons (Fsp3) is 0.500. The lowest BCUT2D eigenvalue weighted by molar-refractivity contribution is -0.138. The second-order valence-electron chi connectivity index (χ2n) is 5.07. The zero-order valence-corrected chi connectivity index (χ0v) is 10.5. The van der Waals surface area contributed by atoms with E-state index in [0.717, 1.165) is 24.2 Å². The fourth-order valence-corrected chi connectivity index (χ4v) is 2.92. The van der Waals surface area contributed by atoms with Gasteiger partial charge in [0.15, 0.2) is 0 Å². The van der Waals surface area contributed by atoms with Crippen molar-refractivity contribution in [2.45, 2.75) is 38.5 Å². The maximum atomic E-state index is 11.0. The minimum atomic E-state index is -0.746. The average Bonchev–Trinajstić information content (AvgIpc) is 2.58. The number of aliphatic carboxylic acids is 1. The molecule has 1 atom stereocenters. The number of carboxylic acid groups (broad SMARTS) is 1. The van der Waals surface area contributed by atoms with E-state index in [2.05, 4.69) is 6.92 Å². The number of ether oxygens (including phenoxy) is 1. The van der Waals surface area contributed by atoms with Gasteiger partial charge in [-0.2, -0.15) is 0 Å². The first-order valence-electron chi connectivity index (χ1n) is 5.87. The molecule has 1 unspecified atom stereocenters. The molecular weight excluding hydrogens is 216 g/mol. The first-order valence-corrected chi connectivity index (χ1v) is 5.87. The average molecular weight is 234 g/mol. The van der Waals surface area contributed by atoms with Gasteiger partial charge in [0.2, 0.25) is 0 Å². The number of methoxy groups -OCH3 is 1. The van der Waals surface area contributed by atoms with Crippen LogP contribution in [0.4, 0.5) is 0 Å². The molecule has 0 spiro atoms. The molecule has 0 fully saturated rings. The number of carbonyl (C=O) groups is 1. The number of carboxylic acids is 1. The Morgan fingerprint density at radius 3 is 2.82 bits per heavy atom. The zero-order chi connectivity index (χ0) is 12.6. The van der Waals surface area contributed by atoms with E-state index < -0.39 is 5.97 Å². The summed E-state index contributed by atoms with van der Waals surface area (Å²) in [5.41, 5.74) is 3.31. The highest BCUT2D eigenvalue weighted by molar-refractivity contribution is 5.70. The van der Waals surface area contributed by atoms with Gasteiger partial charge in [-0.3, -0.25) is 4.79 Å². The summed E-state index contributed by atoms with van der Waals surface area (Å²) in [6.45, 7) is 4.10. The summed E-state index contributed by atoms with van der Waals surface area (Å²) in [7, 11) is 1.64. The third-order valence-corrected chi connectivity index (χ3v) is 3.80. The SMILES string of the molecule is COc1ccc(C)c2c1C(C)(CC(=O)O)CC2. The highest BCUT2D eigenvalue weighted by atomic mass is 16.5. The van der Waals surface area contributed by atoms with Gasteiger partial charge in [-0.1, -0.05) is 13.0 Å². The number of hydrogen-bond donors (Lipinski definition) is 1. The molecule has 0 aromatic heterocycles. The maximum absolute atomic E-state index is 11.0. The summed E-state index contributed by atoms with van der Waals surface area (Å²) in [4.78, 5) is 11.0. The van der Waals surface area contributed by atoms with Gasteiger partial charge in [-0.05, 0) is 37.0 Å². The van der Waals surface area contributed by atoms with Crippen molar-refractivity contribution in [1.29, 1.82) is 0 Å². The molecular formula is C14H18O3. The van der Waals surface area contributed by atoms with E-state index in [1.54, 1.807) is 7.11 Å². The summed E-state index contributed by atoms with van der Waals surface area (Å²) in [6, 6.07) is 3.99. The minimum absolute atomic E-state index is 0.166. The number of benzene rings is 1. The van der Waals surface area contributed by atoms with Gasteiger partial charge in [0, 0.05) is 11.0 Å². The molecule has 0 heterocycles. The van der Waals surface area contributed by atoms with Crippen LogP contribution in [0.15, 0.2) is 12.1 Å². The van der Waals surface area contributed by atoms with Crippen molar-refractivity contribution >= 4 is 5.97 Å². The fourth-order valence-electron chi connectivity index (χ4n) is 2.92. The molecule has 1 aliphatic rings. The second kappa shape index (κ2) is 4.06. The van der Waals surface area contributed by atoms with Gasteiger partial charge in [-0.25, -0.2) is 0 Å². The van der Waals surface area contributed by atoms with Crippen LogP contribution >= 0.6 is 0 Å². The molecule has 1 N–H and O–H groups in total. The Morgan fingerprint density at radius 2 is 2.24 bits per heavy atom. The third-order valence-electron chi connectivity index (χ3n) is 3.80. The highest BCUT2D eigenvalue weighted by Crippen LogP contribution is 2.47. The lowest BCUT2D eigenvalue weighted by Crippen LogP contribution is -2.23. The van der Waals surface area contributed by atoms with Crippen molar-refractivity contribution in [1.82, 2.24) is 0 Å². The lowest BCUT2D eigenvalue weighted by Gasteiger charge is -2.25. The van der Waals surface area contributed by atoms with E-state index >= 15 is 0 Å².